The number of thiocarbonyl (C=S) groups is 1. The summed E-state index contributed by atoms with van der Waals surface area (Å²) in [5, 5.41) is 3.11. The number of nitrogens with one attached hydrogen (secondary N) is 1. The predicted molar refractivity (Wildman–Crippen MR) is 69.7 cm³/mol. The second-order valence-corrected chi connectivity index (χ2v) is 5.39. The molecular weight excluding hydrogens is 363 g/mol. The molecule has 0 saturated heterocycles. The molecule has 0 radical (unpaired) electrons. The lowest BCUT2D eigenvalue weighted by Gasteiger charge is -2.05. The molecule has 68 valence electrons. The van der Waals surface area contributed by atoms with Gasteiger partial charge in [-0.2, -0.15) is 0 Å². The fourth-order valence-corrected chi connectivity index (χ4v) is 2.76. The van der Waals surface area contributed by atoms with Crippen LogP contribution < -0.4 is 5.32 Å². The highest BCUT2D eigenvalue weighted by molar-refractivity contribution is 14.1. The van der Waals surface area contributed by atoms with Gasteiger partial charge in [-0.25, -0.2) is 4.98 Å². The molecule has 0 bridgehead atoms. The molecule has 1 atom stereocenters. The van der Waals surface area contributed by atoms with Crippen LogP contribution in [0.3, 0.4) is 0 Å². The molecule has 1 N–H and O–H groups in total. The number of pyridine rings is 1. The summed E-state index contributed by atoms with van der Waals surface area (Å²) in [5.74, 6) is 0.908. The van der Waals surface area contributed by atoms with E-state index < -0.39 is 0 Å². The number of alkyl halides is 1. The van der Waals surface area contributed by atoms with Gasteiger partial charge < -0.3 is 5.32 Å². The van der Waals surface area contributed by atoms with Crippen LogP contribution in [-0.4, -0.2) is 9.97 Å². The normalized spacial score (nSPS) is 19.9. The van der Waals surface area contributed by atoms with Gasteiger partial charge in [0.1, 0.15) is 5.82 Å². The predicted octanol–water partition coefficient (Wildman–Crippen LogP) is 3.38. The Balaban J connectivity index is 2.66. The van der Waals surface area contributed by atoms with Crippen molar-refractivity contribution in [1.29, 1.82) is 0 Å². The molecule has 2 nitrogen and oxygen atoms in total. The molecule has 0 fully saturated rings. The van der Waals surface area contributed by atoms with Gasteiger partial charge in [0.05, 0.1) is 8.91 Å². The summed E-state index contributed by atoms with van der Waals surface area (Å²) in [6.45, 7) is 2.08. The van der Waals surface area contributed by atoms with E-state index in [1.807, 2.05) is 0 Å². The zero-order valence-corrected chi connectivity index (χ0v) is 11.3. The number of aromatic nitrogens is 1. The number of rotatable bonds is 0. The molecule has 1 aliphatic heterocycles. The van der Waals surface area contributed by atoms with Gasteiger partial charge in [0.15, 0.2) is 0 Å². The minimum absolute atomic E-state index is 0.257. The van der Waals surface area contributed by atoms with Crippen molar-refractivity contribution < 1.29 is 0 Å². The van der Waals surface area contributed by atoms with Gasteiger partial charge in [-0.1, -0.05) is 34.8 Å². The van der Waals surface area contributed by atoms with E-state index >= 15 is 0 Å². The highest BCUT2D eigenvalue weighted by Gasteiger charge is 2.28. The summed E-state index contributed by atoms with van der Waals surface area (Å²) < 4.78 is 1.30. The summed E-state index contributed by atoms with van der Waals surface area (Å²) >= 11 is 11.0. The number of fused-ring (bicyclic) bond motifs is 1. The first kappa shape index (κ1) is 9.79. The van der Waals surface area contributed by atoms with Crippen LogP contribution in [0, 0.1) is 6.92 Å². The van der Waals surface area contributed by atoms with Crippen LogP contribution in [0.25, 0.3) is 0 Å². The first-order valence-corrected chi connectivity index (χ1v) is 6.16. The van der Waals surface area contributed by atoms with Crippen LogP contribution in [0.4, 0.5) is 5.82 Å². The molecule has 2 rings (SSSR count). The Morgan fingerprint density at radius 1 is 1.69 bits per heavy atom. The minimum Gasteiger partial charge on any atom is -0.333 e. The van der Waals surface area contributed by atoms with Crippen LogP contribution in [-0.2, 0) is 0 Å². The van der Waals surface area contributed by atoms with Crippen LogP contribution in [0.2, 0.25) is 0 Å². The lowest BCUT2D eigenvalue weighted by Crippen LogP contribution is -2.03. The largest absolute Gasteiger partial charge is 0.333 e. The Bertz CT molecular complexity index is 394. The van der Waals surface area contributed by atoms with Crippen molar-refractivity contribution in [2.24, 2.45) is 0 Å². The molecule has 1 aliphatic rings. The van der Waals surface area contributed by atoms with E-state index in [1.54, 1.807) is 6.20 Å². The lowest BCUT2D eigenvalue weighted by molar-refractivity contribution is 1.21. The Morgan fingerprint density at radius 2 is 2.38 bits per heavy atom. The molecule has 5 heteroatoms. The first-order chi connectivity index (χ1) is 6.11. The van der Waals surface area contributed by atoms with E-state index in [0.29, 0.717) is 0 Å². The van der Waals surface area contributed by atoms with E-state index in [-0.39, 0.29) is 3.92 Å². The van der Waals surface area contributed by atoms with Gasteiger partial charge in [-0.3, -0.25) is 0 Å². The second-order valence-electron chi connectivity index (χ2n) is 2.85. The highest BCUT2D eigenvalue weighted by Crippen LogP contribution is 2.40. The van der Waals surface area contributed by atoms with Crippen LogP contribution in [0.15, 0.2) is 10.7 Å². The number of hydrogen-bond donors (Lipinski definition) is 1. The first-order valence-electron chi connectivity index (χ1n) is 3.71. The van der Waals surface area contributed by atoms with Crippen LogP contribution in [0.5, 0.6) is 0 Å². The van der Waals surface area contributed by atoms with Gasteiger partial charge >= 0.3 is 0 Å². The standard InChI is InChI=1S/C8H6BrIN2S/c1-3-4(9)2-11-7-5(3)6(10)8(13)12-7/h2,6H,1H3,(H,11,12,13). The van der Waals surface area contributed by atoms with Crippen molar-refractivity contribution in [1.82, 2.24) is 4.98 Å². The van der Waals surface area contributed by atoms with Crippen molar-refractivity contribution in [3.8, 4) is 0 Å². The molecule has 0 amide bonds. The van der Waals surface area contributed by atoms with Crippen molar-refractivity contribution >= 4 is 61.5 Å². The van der Waals surface area contributed by atoms with Gasteiger partial charge in [-0.05, 0) is 28.4 Å². The maximum absolute atomic E-state index is 5.18. The molecule has 1 unspecified atom stereocenters. The SMILES string of the molecule is Cc1c(Br)cnc2c1C(I)C(=S)N2. The summed E-state index contributed by atoms with van der Waals surface area (Å²) in [5.41, 5.74) is 2.43. The highest BCUT2D eigenvalue weighted by atomic mass is 127. The minimum atomic E-state index is 0.257. The van der Waals surface area contributed by atoms with Gasteiger partial charge in [0.25, 0.3) is 0 Å². The molecule has 13 heavy (non-hydrogen) atoms. The second kappa shape index (κ2) is 3.43. The van der Waals surface area contributed by atoms with Gasteiger partial charge in [0.2, 0.25) is 0 Å². The van der Waals surface area contributed by atoms with Crippen molar-refractivity contribution in [3.63, 3.8) is 0 Å². The third kappa shape index (κ3) is 1.50. The quantitative estimate of drug-likeness (QED) is 0.431. The lowest BCUT2D eigenvalue weighted by atomic mass is 10.1. The Labute approximate surface area is 104 Å². The maximum Gasteiger partial charge on any atom is 0.135 e. The zero-order valence-electron chi connectivity index (χ0n) is 6.77. The fourth-order valence-electron chi connectivity index (χ4n) is 1.31. The van der Waals surface area contributed by atoms with Gasteiger partial charge in [-0.15, -0.1) is 0 Å². The molecule has 0 aromatic carbocycles. The van der Waals surface area contributed by atoms with E-state index in [0.717, 1.165) is 15.3 Å². The number of hydrogen-bond acceptors (Lipinski definition) is 2. The number of halogens is 2. The van der Waals surface area contributed by atoms with E-state index in [1.165, 1.54) is 11.1 Å². The molecule has 0 aliphatic carbocycles. The molecular formula is C8H6BrIN2S. The van der Waals surface area contributed by atoms with Crippen LogP contribution in [0.1, 0.15) is 15.1 Å². The maximum atomic E-state index is 5.18. The molecule has 0 spiro atoms. The number of nitrogens with zero attached hydrogens (tertiary/aromatic N) is 1. The molecule has 1 aromatic rings. The van der Waals surface area contributed by atoms with E-state index in [2.05, 4.69) is 55.7 Å². The smallest absolute Gasteiger partial charge is 0.135 e. The topological polar surface area (TPSA) is 24.9 Å². The van der Waals surface area contributed by atoms with Crippen molar-refractivity contribution in [2.45, 2.75) is 10.8 Å². The third-order valence-corrected chi connectivity index (χ3v) is 4.86. The average molecular weight is 369 g/mol. The summed E-state index contributed by atoms with van der Waals surface area (Å²) in [6.07, 6.45) is 1.80. The Kier molecular flexibility index (Phi) is 2.59. The summed E-state index contributed by atoms with van der Waals surface area (Å²) in [4.78, 5) is 5.12. The van der Waals surface area contributed by atoms with Crippen LogP contribution >= 0.6 is 50.7 Å². The Hall–Kier alpha value is 0.250. The number of anilines is 1. The summed E-state index contributed by atoms with van der Waals surface area (Å²) in [6, 6.07) is 0. The molecule has 2 heterocycles. The van der Waals surface area contributed by atoms with Crippen molar-refractivity contribution in [3.05, 3.63) is 21.8 Å². The molecule has 1 aromatic heterocycles. The molecule has 0 saturated carbocycles. The van der Waals surface area contributed by atoms with E-state index in [9.17, 15) is 0 Å². The van der Waals surface area contributed by atoms with Crippen molar-refractivity contribution in [2.75, 3.05) is 5.32 Å². The average Bonchev–Trinajstić information content (AvgIpc) is 2.37. The Morgan fingerprint density at radius 3 is 3.08 bits per heavy atom. The van der Waals surface area contributed by atoms with Gasteiger partial charge in [0, 0.05) is 16.2 Å². The fraction of sp³-hybridized carbons (Fsp3) is 0.250. The van der Waals surface area contributed by atoms with E-state index in [4.69, 9.17) is 12.2 Å². The third-order valence-electron chi connectivity index (χ3n) is 2.05. The zero-order chi connectivity index (χ0) is 9.59. The monoisotopic (exact) mass is 368 g/mol. The summed E-state index contributed by atoms with van der Waals surface area (Å²) in [7, 11) is 0.